The van der Waals surface area contributed by atoms with Crippen molar-refractivity contribution in [3.63, 3.8) is 0 Å². The molecule has 1 aromatic carbocycles. The standard InChI is InChI=1S/C20H27FN2O2/c21-15-7-2-1-6-14(15)20(10-11-20)19(25)22-16-8-5-9-17(18(16)24)23-12-3-4-13-23/h1-2,6-7,16-18,24H,3-5,8-13H2,(H,22,25)/t16-,17-,18-/m1/s1. The molecule has 0 bridgehead atoms. The summed E-state index contributed by atoms with van der Waals surface area (Å²) in [6.45, 7) is 2.09. The fraction of sp³-hybridized carbons (Fsp3) is 0.650. The minimum atomic E-state index is -0.731. The van der Waals surface area contributed by atoms with Crippen LogP contribution in [-0.2, 0) is 10.2 Å². The van der Waals surface area contributed by atoms with E-state index in [0.29, 0.717) is 18.4 Å². The van der Waals surface area contributed by atoms with E-state index in [2.05, 4.69) is 10.2 Å². The third kappa shape index (κ3) is 3.08. The summed E-state index contributed by atoms with van der Waals surface area (Å²) in [5.41, 5.74) is -0.236. The molecule has 1 amide bonds. The molecule has 3 aliphatic rings. The zero-order valence-electron chi connectivity index (χ0n) is 14.6. The van der Waals surface area contributed by atoms with Gasteiger partial charge < -0.3 is 10.4 Å². The number of carbonyl (C=O) groups excluding carboxylic acids is 1. The van der Waals surface area contributed by atoms with Gasteiger partial charge in [0.05, 0.1) is 17.6 Å². The minimum absolute atomic E-state index is 0.122. The lowest BCUT2D eigenvalue weighted by Gasteiger charge is -2.40. The Morgan fingerprint density at radius 2 is 1.88 bits per heavy atom. The SMILES string of the molecule is O=C(N[C@@H]1CCC[C@@H](N2CCCC2)[C@@H]1O)C1(c2ccccc2F)CC1. The predicted molar refractivity (Wildman–Crippen MR) is 93.7 cm³/mol. The molecule has 136 valence electrons. The molecule has 0 unspecified atom stereocenters. The van der Waals surface area contributed by atoms with Crippen molar-refractivity contribution in [2.45, 2.75) is 68.5 Å². The Labute approximate surface area is 148 Å². The van der Waals surface area contributed by atoms with Crippen LogP contribution in [0.25, 0.3) is 0 Å². The summed E-state index contributed by atoms with van der Waals surface area (Å²) in [6, 6.07) is 6.48. The molecule has 1 heterocycles. The molecule has 3 atom stereocenters. The second-order valence-electron chi connectivity index (χ2n) is 7.87. The molecule has 2 N–H and O–H groups in total. The molecule has 0 spiro atoms. The lowest BCUT2D eigenvalue weighted by Crippen LogP contribution is -2.57. The quantitative estimate of drug-likeness (QED) is 0.880. The number of aliphatic hydroxyl groups is 1. The molecule has 0 aromatic heterocycles. The Kier molecular flexibility index (Phi) is 4.54. The van der Waals surface area contributed by atoms with Crippen molar-refractivity contribution in [3.05, 3.63) is 35.6 Å². The first-order valence-electron chi connectivity index (χ1n) is 9.60. The van der Waals surface area contributed by atoms with Gasteiger partial charge in [-0.25, -0.2) is 4.39 Å². The van der Waals surface area contributed by atoms with Crippen LogP contribution in [0.3, 0.4) is 0 Å². The summed E-state index contributed by atoms with van der Waals surface area (Å²) in [5, 5.41) is 13.9. The smallest absolute Gasteiger partial charge is 0.231 e. The Morgan fingerprint density at radius 1 is 1.16 bits per heavy atom. The largest absolute Gasteiger partial charge is 0.389 e. The first kappa shape index (κ1) is 17.0. The summed E-state index contributed by atoms with van der Waals surface area (Å²) in [5.74, 6) is -0.432. The van der Waals surface area contributed by atoms with E-state index in [4.69, 9.17) is 0 Å². The molecule has 1 saturated heterocycles. The van der Waals surface area contributed by atoms with Gasteiger partial charge in [0.1, 0.15) is 5.82 Å². The molecule has 3 fully saturated rings. The van der Waals surface area contributed by atoms with Crippen LogP contribution in [0.1, 0.15) is 50.5 Å². The van der Waals surface area contributed by atoms with Crippen molar-refractivity contribution in [1.29, 1.82) is 0 Å². The van der Waals surface area contributed by atoms with Crippen molar-refractivity contribution in [2.75, 3.05) is 13.1 Å². The number of amides is 1. The maximum absolute atomic E-state index is 14.2. The minimum Gasteiger partial charge on any atom is -0.389 e. The number of aliphatic hydroxyl groups excluding tert-OH is 1. The van der Waals surface area contributed by atoms with Gasteiger partial charge in [-0.1, -0.05) is 18.2 Å². The number of carbonyl (C=O) groups is 1. The number of likely N-dealkylation sites (tertiary alicyclic amines) is 1. The van der Waals surface area contributed by atoms with E-state index >= 15 is 0 Å². The van der Waals surface area contributed by atoms with E-state index in [1.54, 1.807) is 18.2 Å². The molecule has 0 radical (unpaired) electrons. The molecular weight excluding hydrogens is 319 g/mol. The fourth-order valence-corrected chi connectivity index (χ4v) is 4.69. The highest BCUT2D eigenvalue weighted by Crippen LogP contribution is 2.49. The van der Waals surface area contributed by atoms with E-state index in [1.807, 2.05) is 0 Å². The van der Waals surface area contributed by atoms with E-state index in [9.17, 15) is 14.3 Å². The van der Waals surface area contributed by atoms with Gasteiger partial charge in [-0.3, -0.25) is 9.69 Å². The van der Waals surface area contributed by atoms with Crippen molar-refractivity contribution in [3.8, 4) is 0 Å². The van der Waals surface area contributed by atoms with E-state index in [1.165, 1.54) is 18.9 Å². The van der Waals surface area contributed by atoms with Gasteiger partial charge >= 0.3 is 0 Å². The monoisotopic (exact) mass is 346 g/mol. The Hall–Kier alpha value is -1.46. The molecule has 4 rings (SSSR count). The first-order chi connectivity index (χ1) is 12.1. The highest BCUT2D eigenvalue weighted by Gasteiger charge is 2.53. The van der Waals surface area contributed by atoms with Crippen LogP contribution in [0, 0.1) is 5.82 Å². The average Bonchev–Trinajstić information content (AvgIpc) is 3.24. The van der Waals surface area contributed by atoms with E-state index in [-0.39, 0.29) is 23.8 Å². The fourth-order valence-electron chi connectivity index (χ4n) is 4.69. The van der Waals surface area contributed by atoms with Crippen molar-refractivity contribution in [2.24, 2.45) is 0 Å². The maximum atomic E-state index is 14.2. The topological polar surface area (TPSA) is 52.6 Å². The van der Waals surface area contributed by atoms with Crippen LogP contribution < -0.4 is 5.32 Å². The highest BCUT2D eigenvalue weighted by atomic mass is 19.1. The summed E-state index contributed by atoms with van der Waals surface area (Å²) in [7, 11) is 0. The molecule has 5 heteroatoms. The van der Waals surface area contributed by atoms with Crippen LogP contribution in [0.5, 0.6) is 0 Å². The molecule has 1 aromatic rings. The molecule has 1 aliphatic heterocycles. The number of nitrogens with zero attached hydrogens (tertiary/aromatic N) is 1. The Bertz CT molecular complexity index is 640. The number of halogens is 1. The summed E-state index contributed by atoms with van der Waals surface area (Å²) in [4.78, 5) is 15.3. The molecule has 4 nitrogen and oxygen atoms in total. The van der Waals surface area contributed by atoms with Crippen LogP contribution in [-0.4, -0.2) is 47.2 Å². The number of benzene rings is 1. The Morgan fingerprint density at radius 3 is 2.56 bits per heavy atom. The number of hydrogen-bond acceptors (Lipinski definition) is 3. The number of nitrogens with one attached hydrogen (secondary N) is 1. The zero-order chi connectivity index (χ0) is 17.4. The third-order valence-corrected chi connectivity index (χ3v) is 6.32. The normalized spacial score (nSPS) is 31.7. The first-order valence-corrected chi connectivity index (χ1v) is 9.60. The average molecular weight is 346 g/mol. The van der Waals surface area contributed by atoms with E-state index < -0.39 is 11.5 Å². The Balaban J connectivity index is 1.46. The van der Waals surface area contributed by atoms with Crippen LogP contribution in [0.2, 0.25) is 0 Å². The maximum Gasteiger partial charge on any atom is 0.231 e. The van der Waals surface area contributed by atoms with Gasteiger partial charge in [-0.15, -0.1) is 0 Å². The second-order valence-corrected chi connectivity index (χ2v) is 7.87. The van der Waals surface area contributed by atoms with Gasteiger partial charge in [0, 0.05) is 11.6 Å². The van der Waals surface area contributed by atoms with Gasteiger partial charge in [0.2, 0.25) is 5.91 Å². The van der Waals surface area contributed by atoms with E-state index in [0.717, 1.165) is 32.4 Å². The van der Waals surface area contributed by atoms with Crippen LogP contribution in [0.4, 0.5) is 4.39 Å². The zero-order valence-corrected chi connectivity index (χ0v) is 14.6. The summed E-state index contributed by atoms with van der Waals surface area (Å²) in [6.07, 6.45) is 6.00. The molecule has 25 heavy (non-hydrogen) atoms. The lowest BCUT2D eigenvalue weighted by molar-refractivity contribution is -0.126. The molecular formula is C20H27FN2O2. The van der Waals surface area contributed by atoms with Crippen molar-refractivity contribution >= 4 is 5.91 Å². The lowest BCUT2D eigenvalue weighted by atomic mass is 9.86. The predicted octanol–water partition coefficient (Wildman–Crippen LogP) is 2.35. The van der Waals surface area contributed by atoms with Gasteiger partial charge in [-0.2, -0.15) is 0 Å². The number of hydrogen-bond donors (Lipinski definition) is 2. The highest BCUT2D eigenvalue weighted by molar-refractivity contribution is 5.91. The van der Waals surface area contributed by atoms with Crippen LogP contribution >= 0.6 is 0 Å². The van der Waals surface area contributed by atoms with Gasteiger partial charge in [-0.05, 0) is 64.1 Å². The van der Waals surface area contributed by atoms with Crippen molar-refractivity contribution in [1.82, 2.24) is 10.2 Å². The summed E-state index contributed by atoms with van der Waals surface area (Å²) < 4.78 is 14.2. The molecule has 2 saturated carbocycles. The molecule has 2 aliphatic carbocycles. The van der Waals surface area contributed by atoms with Crippen LogP contribution in [0.15, 0.2) is 24.3 Å². The third-order valence-electron chi connectivity index (χ3n) is 6.32. The number of rotatable bonds is 4. The van der Waals surface area contributed by atoms with Gasteiger partial charge in [0.15, 0.2) is 0 Å². The summed E-state index contributed by atoms with van der Waals surface area (Å²) >= 11 is 0. The second kappa shape index (κ2) is 6.69. The van der Waals surface area contributed by atoms with Gasteiger partial charge in [0.25, 0.3) is 0 Å². The van der Waals surface area contributed by atoms with Crippen molar-refractivity contribution < 1.29 is 14.3 Å².